The second kappa shape index (κ2) is 9.91. The summed E-state index contributed by atoms with van der Waals surface area (Å²) >= 11 is 5.88. The van der Waals surface area contributed by atoms with Crippen molar-refractivity contribution in [3.8, 4) is 11.5 Å². The molecular weight excluding hydrogens is 342 g/mol. The fourth-order valence-electron chi connectivity index (χ4n) is 2.42. The average Bonchev–Trinajstić information content (AvgIpc) is 2.60. The fourth-order valence-corrected chi connectivity index (χ4v) is 2.62. The number of hydrogen-bond acceptors (Lipinski definition) is 4. The number of aliphatic carboxylic acids is 1. The molecule has 0 heterocycles. The highest BCUT2D eigenvalue weighted by molar-refractivity contribution is 6.32. The molecule has 0 bridgehead atoms. The zero-order valence-electron chi connectivity index (χ0n) is 13.9. The molecule has 2 aromatic carbocycles. The van der Waals surface area contributed by atoms with Crippen molar-refractivity contribution < 1.29 is 19.7 Å². The van der Waals surface area contributed by atoms with Crippen molar-refractivity contribution in [1.29, 1.82) is 0 Å². The van der Waals surface area contributed by atoms with Gasteiger partial charge in [-0.05, 0) is 61.7 Å². The minimum Gasteiger partial charge on any atom is -0.506 e. The third-order valence-electron chi connectivity index (χ3n) is 3.75. The van der Waals surface area contributed by atoms with Crippen molar-refractivity contribution >= 4 is 17.6 Å². The normalized spacial score (nSPS) is 10.6. The van der Waals surface area contributed by atoms with E-state index in [1.807, 2.05) is 24.3 Å². The van der Waals surface area contributed by atoms with Crippen LogP contribution in [0.15, 0.2) is 42.5 Å². The number of hydrogen-bond donors (Lipinski definition) is 3. The molecule has 0 aliphatic carbocycles. The van der Waals surface area contributed by atoms with E-state index in [1.165, 1.54) is 5.56 Å². The number of rotatable bonds is 10. The summed E-state index contributed by atoms with van der Waals surface area (Å²) in [4.78, 5) is 10.4. The summed E-state index contributed by atoms with van der Waals surface area (Å²) in [6.07, 6.45) is 2.63. The van der Waals surface area contributed by atoms with Gasteiger partial charge in [-0.25, -0.2) is 4.79 Å². The summed E-state index contributed by atoms with van der Waals surface area (Å²) in [5.74, 6) is -0.261. The molecule has 0 fully saturated rings. The number of para-hydroxylation sites is 1. The lowest BCUT2D eigenvalue weighted by Crippen LogP contribution is -2.19. The smallest absolute Gasteiger partial charge is 0.341 e. The summed E-state index contributed by atoms with van der Waals surface area (Å²) in [5.41, 5.74) is 2.02. The molecule has 25 heavy (non-hydrogen) atoms. The molecule has 0 aromatic heterocycles. The Labute approximate surface area is 152 Å². The van der Waals surface area contributed by atoms with Crippen molar-refractivity contribution in [2.24, 2.45) is 0 Å². The zero-order chi connectivity index (χ0) is 18.1. The van der Waals surface area contributed by atoms with E-state index in [9.17, 15) is 9.90 Å². The monoisotopic (exact) mass is 363 g/mol. The van der Waals surface area contributed by atoms with E-state index < -0.39 is 5.97 Å². The van der Waals surface area contributed by atoms with E-state index in [0.717, 1.165) is 37.9 Å². The van der Waals surface area contributed by atoms with E-state index in [2.05, 4.69) is 5.32 Å². The van der Waals surface area contributed by atoms with Crippen molar-refractivity contribution in [1.82, 2.24) is 5.32 Å². The van der Waals surface area contributed by atoms with Crippen molar-refractivity contribution in [2.45, 2.75) is 19.3 Å². The molecule has 6 heteroatoms. The Morgan fingerprint density at radius 3 is 2.56 bits per heavy atom. The van der Waals surface area contributed by atoms with Gasteiger partial charge in [0.1, 0.15) is 11.5 Å². The Hall–Kier alpha value is -2.24. The molecule has 0 unspecified atom stereocenters. The van der Waals surface area contributed by atoms with Crippen LogP contribution in [0.2, 0.25) is 5.02 Å². The summed E-state index contributed by atoms with van der Waals surface area (Å²) in [7, 11) is 0. The molecule has 0 spiro atoms. The minimum atomic E-state index is -0.985. The van der Waals surface area contributed by atoms with Gasteiger partial charge in [0.25, 0.3) is 0 Å². The lowest BCUT2D eigenvalue weighted by atomic mass is 10.1. The van der Waals surface area contributed by atoms with Gasteiger partial charge in [-0.15, -0.1) is 0 Å². The van der Waals surface area contributed by atoms with E-state index in [4.69, 9.17) is 21.4 Å². The van der Waals surface area contributed by atoms with Crippen molar-refractivity contribution in [2.75, 3.05) is 19.7 Å². The number of halogens is 1. The zero-order valence-corrected chi connectivity index (χ0v) is 14.6. The lowest BCUT2D eigenvalue weighted by Gasteiger charge is -2.08. The Morgan fingerprint density at radius 1 is 1.08 bits per heavy atom. The first-order chi connectivity index (χ1) is 12.1. The number of aryl methyl sites for hydroxylation is 1. The van der Waals surface area contributed by atoms with Gasteiger partial charge in [0.2, 0.25) is 0 Å². The fraction of sp³-hybridized carbons (Fsp3) is 0.316. The first-order valence-electron chi connectivity index (χ1n) is 8.17. The van der Waals surface area contributed by atoms with Crippen LogP contribution >= 0.6 is 11.6 Å². The van der Waals surface area contributed by atoms with Gasteiger partial charge < -0.3 is 20.3 Å². The number of benzene rings is 2. The number of aromatic hydroxyl groups is 1. The van der Waals surface area contributed by atoms with Crippen LogP contribution in [0.25, 0.3) is 0 Å². The Morgan fingerprint density at radius 2 is 1.84 bits per heavy atom. The van der Waals surface area contributed by atoms with Gasteiger partial charge in [-0.1, -0.05) is 35.9 Å². The molecular formula is C19H22ClNO4. The predicted octanol–water partition coefficient (Wildman–Crippen LogP) is 3.27. The molecule has 0 saturated carbocycles. The van der Waals surface area contributed by atoms with Crippen LogP contribution in [0.1, 0.15) is 17.5 Å². The summed E-state index contributed by atoms with van der Waals surface area (Å²) in [6.45, 7) is 1.32. The quantitative estimate of drug-likeness (QED) is 0.564. The van der Waals surface area contributed by atoms with Gasteiger partial charge in [0.15, 0.2) is 6.61 Å². The van der Waals surface area contributed by atoms with Crippen LogP contribution in [0, 0.1) is 0 Å². The average molecular weight is 364 g/mol. The molecule has 0 atom stereocenters. The topological polar surface area (TPSA) is 78.8 Å². The highest BCUT2D eigenvalue weighted by Gasteiger charge is 2.04. The van der Waals surface area contributed by atoms with E-state index in [-0.39, 0.29) is 12.4 Å². The van der Waals surface area contributed by atoms with E-state index in [0.29, 0.717) is 10.8 Å². The first-order valence-corrected chi connectivity index (χ1v) is 8.54. The number of carboxylic acids is 1. The third-order valence-corrected chi connectivity index (χ3v) is 4.05. The Bertz CT molecular complexity index is 688. The number of carbonyl (C=O) groups is 1. The third kappa shape index (κ3) is 6.64. The van der Waals surface area contributed by atoms with E-state index in [1.54, 1.807) is 18.2 Å². The summed E-state index contributed by atoms with van der Waals surface area (Å²) < 4.78 is 5.10. The number of phenols is 1. The van der Waals surface area contributed by atoms with Gasteiger partial charge in [0, 0.05) is 0 Å². The van der Waals surface area contributed by atoms with Gasteiger partial charge in [-0.3, -0.25) is 0 Å². The molecule has 2 aromatic rings. The number of nitrogens with one attached hydrogen (secondary N) is 1. The molecule has 3 N–H and O–H groups in total. The standard InChI is InChI=1S/C19H22ClNO4/c20-17-5-1-4-15(19(17)24)10-12-21-11-2-3-14-6-8-16(9-7-14)25-13-18(22)23/h1,4-9,21,24H,2-3,10-13H2,(H,22,23). The highest BCUT2D eigenvalue weighted by Crippen LogP contribution is 2.26. The highest BCUT2D eigenvalue weighted by atomic mass is 35.5. The molecule has 0 amide bonds. The van der Waals surface area contributed by atoms with Crippen LogP contribution in [0.4, 0.5) is 0 Å². The molecule has 2 rings (SSSR count). The number of carboxylic acid groups (broad SMARTS) is 1. The molecule has 0 aliphatic rings. The minimum absolute atomic E-state index is 0.163. The van der Waals surface area contributed by atoms with E-state index >= 15 is 0 Å². The van der Waals surface area contributed by atoms with Crippen LogP contribution in [-0.4, -0.2) is 35.9 Å². The first kappa shape index (κ1) is 19.1. The van der Waals surface area contributed by atoms with Gasteiger partial charge in [-0.2, -0.15) is 0 Å². The second-order valence-corrected chi connectivity index (χ2v) is 6.08. The van der Waals surface area contributed by atoms with Gasteiger partial charge in [0.05, 0.1) is 5.02 Å². The van der Waals surface area contributed by atoms with Crippen LogP contribution in [0.3, 0.4) is 0 Å². The second-order valence-electron chi connectivity index (χ2n) is 5.68. The number of ether oxygens (including phenoxy) is 1. The predicted molar refractivity (Wildman–Crippen MR) is 97.6 cm³/mol. The van der Waals surface area contributed by atoms with Crippen LogP contribution < -0.4 is 10.1 Å². The van der Waals surface area contributed by atoms with Crippen LogP contribution in [-0.2, 0) is 17.6 Å². The molecule has 5 nitrogen and oxygen atoms in total. The molecule has 0 radical (unpaired) electrons. The Balaban J connectivity index is 1.63. The van der Waals surface area contributed by atoms with Crippen molar-refractivity contribution in [3.63, 3.8) is 0 Å². The lowest BCUT2D eigenvalue weighted by molar-refractivity contribution is -0.139. The van der Waals surface area contributed by atoms with Crippen LogP contribution in [0.5, 0.6) is 11.5 Å². The largest absolute Gasteiger partial charge is 0.506 e. The number of phenolic OH excluding ortho intramolecular Hbond substituents is 1. The maximum atomic E-state index is 10.4. The van der Waals surface area contributed by atoms with Gasteiger partial charge >= 0.3 is 5.97 Å². The molecule has 0 aliphatic heterocycles. The van der Waals surface area contributed by atoms with Crippen molar-refractivity contribution in [3.05, 3.63) is 58.6 Å². The molecule has 0 saturated heterocycles. The maximum absolute atomic E-state index is 10.4. The summed E-state index contributed by atoms with van der Waals surface area (Å²) in [5, 5.41) is 22.1. The Kier molecular flexibility index (Phi) is 7.57. The molecule has 134 valence electrons. The maximum Gasteiger partial charge on any atom is 0.341 e. The SMILES string of the molecule is O=C(O)COc1ccc(CCCNCCc2cccc(Cl)c2O)cc1. The summed E-state index contributed by atoms with van der Waals surface area (Å²) in [6, 6.07) is 12.8.